The second-order valence-electron chi connectivity index (χ2n) is 6.86. The SMILES string of the molecule is Cc1cc(C)n(-c2cc(N/N=C/c3cccc([N+](=O)[O-])c3)nc(-c3ccccc3)n2)n1. The quantitative estimate of drug-likeness (QED) is 0.287. The Hall–Kier alpha value is -4.40. The molecule has 4 rings (SSSR count). The highest BCUT2D eigenvalue weighted by Crippen LogP contribution is 2.21. The lowest BCUT2D eigenvalue weighted by atomic mass is 10.2. The normalized spacial score (nSPS) is 11.0. The molecule has 0 saturated heterocycles. The fourth-order valence-electron chi connectivity index (χ4n) is 3.07. The lowest BCUT2D eigenvalue weighted by Gasteiger charge is -2.09. The van der Waals surface area contributed by atoms with Gasteiger partial charge >= 0.3 is 0 Å². The lowest BCUT2D eigenvalue weighted by Crippen LogP contribution is -2.06. The van der Waals surface area contributed by atoms with E-state index in [0.29, 0.717) is 23.0 Å². The maximum absolute atomic E-state index is 10.9. The summed E-state index contributed by atoms with van der Waals surface area (Å²) >= 11 is 0. The predicted octanol–water partition coefficient (Wildman–Crippen LogP) is 4.30. The van der Waals surface area contributed by atoms with E-state index in [2.05, 4.69) is 25.6 Å². The molecule has 2 aromatic carbocycles. The summed E-state index contributed by atoms with van der Waals surface area (Å²) in [5.41, 5.74) is 6.18. The molecule has 0 radical (unpaired) electrons. The molecule has 0 amide bonds. The Bertz CT molecular complexity index is 1270. The highest BCUT2D eigenvalue weighted by Gasteiger charge is 2.11. The van der Waals surface area contributed by atoms with Gasteiger partial charge in [0.1, 0.15) is 0 Å². The van der Waals surface area contributed by atoms with Crippen LogP contribution < -0.4 is 5.43 Å². The number of nitro groups is 1. The van der Waals surface area contributed by atoms with Crippen molar-refractivity contribution in [3.63, 3.8) is 0 Å². The minimum absolute atomic E-state index is 0.00386. The third kappa shape index (κ3) is 4.61. The van der Waals surface area contributed by atoms with Crippen molar-refractivity contribution in [1.29, 1.82) is 0 Å². The number of non-ortho nitro benzene ring substituents is 1. The molecule has 0 saturated carbocycles. The molecule has 0 aliphatic heterocycles. The van der Waals surface area contributed by atoms with Crippen LogP contribution in [0.25, 0.3) is 17.2 Å². The lowest BCUT2D eigenvalue weighted by molar-refractivity contribution is -0.384. The molecular weight excluding hydrogens is 394 g/mol. The minimum atomic E-state index is -0.442. The number of nitro benzene ring substituents is 1. The van der Waals surface area contributed by atoms with E-state index >= 15 is 0 Å². The monoisotopic (exact) mass is 413 g/mol. The van der Waals surface area contributed by atoms with E-state index in [1.54, 1.807) is 22.9 Å². The Morgan fingerprint density at radius 2 is 1.84 bits per heavy atom. The molecule has 0 atom stereocenters. The zero-order chi connectivity index (χ0) is 21.8. The van der Waals surface area contributed by atoms with Crippen LogP contribution in [0.5, 0.6) is 0 Å². The number of rotatable bonds is 6. The van der Waals surface area contributed by atoms with Crippen molar-refractivity contribution in [2.75, 3.05) is 5.43 Å². The van der Waals surface area contributed by atoms with Crippen LogP contribution in [0.3, 0.4) is 0 Å². The summed E-state index contributed by atoms with van der Waals surface area (Å²) in [7, 11) is 0. The summed E-state index contributed by atoms with van der Waals surface area (Å²) in [6.07, 6.45) is 1.50. The first-order valence-corrected chi connectivity index (χ1v) is 9.51. The van der Waals surface area contributed by atoms with Gasteiger partial charge in [-0.1, -0.05) is 42.5 Å². The number of nitrogens with one attached hydrogen (secondary N) is 1. The van der Waals surface area contributed by atoms with Crippen LogP contribution in [0.4, 0.5) is 11.5 Å². The van der Waals surface area contributed by atoms with Crippen molar-refractivity contribution in [3.8, 4) is 17.2 Å². The summed E-state index contributed by atoms with van der Waals surface area (Å²) in [6, 6.07) is 19.6. The van der Waals surface area contributed by atoms with Gasteiger partial charge in [0.25, 0.3) is 5.69 Å². The third-order valence-corrected chi connectivity index (χ3v) is 4.44. The number of hydrazone groups is 1. The van der Waals surface area contributed by atoms with Gasteiger partial charge in [0.05, 0.1) is 16.8 Å². The Labute approximate surface area is 178 Å². The largest absolute Gasteiger partial charge is 0.270 e. The fraction of sp³-hybridized carbons (Fsp3) is 0.0909. The van der Waals surface area contributed by atoms with Crippen molar-refractivity contribution < 1.29 is 4.92 Å². The zero-order valence-electron chi connectivity index (χ0n) is 16.9. The van der Waals surface area contributed by atoms with Crippen LogP contribution in [0.15, 0.2) is 71.8 Å². The molecule has 0 aliphatic carbocycles. The van der Waals surface area contributed by atoms with E-state index in [1.165, 1.54) is 18.3 Å². The zero-order valence-corrected chi connectivity index (χ0v) is 16.9. The highest BCUT2D eigenvalue weighted by atomic mass is 16.6. The molecule has 0 fully saturated rings. The van der Waals surface area contributed by atoms with Crippen LogP contribution >= 0.6 is 0 Å². The molecule has 9 nitrogen and oxygen atoms in total. The fourth-order valence-corrected chi connectivity index (χ4v) is 3.07. The van der Waals surface area contributed by atoms with Gasteiger partial charge in [0.15, 0.2) is 17.5 Å². The van der Waals surface area contributed by atoms with Crippen LogP contribution in [0.1, 0.15) is 17.0 Å². The van der Waals surface area contributed by atoms with Gasteiger partial charge in [-0.15, -0.1) is 0 Å². The minimum Gasteiger partial charge on any atom is -0.261 e. The number of anilines is 1. The van der Waals surface area contributed by atoms with E-state index in [4.69, 9.17) is 0 Å². The molecule has 0 unspecified atom stereocenters. The molecule has 0 aliphatic rings. The van der Waals surface area contributed by atoms with Gasteiger partial charge in [0, 0.05) is 35.0 Å². The smallest absolute Gasteiger partial charge is 0.261 e. The average Bonchev–Trinajstić information content (AvgIpc) is 3.12. The Balaban J connectivity index is 1.68. The molecule has 154 valence electrons. The van der Waals surface area contributed by atoms with Gasteiger partial charge in [-0.05, 0) is 19.9 Å². The number of benzene rings is 2. The molecule has 31 heavy (non-hydrogen) atoms. The Kier molecular flexibility index (Phi) is 5.48. The van der Waals surface area contributed by atoms with Gasteiger partial charge in [-0.3, -0.25) is 15.5 Å². The van der Waals surface area contributed by atoms with Gasteiger partial charge in [-0.25, -0.2) is 14.6 Å². The maximum atomic E-state index is 10.9. The Morgan fingerprint density at radius 3 is 2.55 bits per heavy atom. The summed E-state index contributed by atoms with van der Waals surface area (Å²) in [4.78, 5) is 19.7. The summed E-state index contributed by atoms with van der Waals surface area (Å²) in [6.45, 7) is 3.88. The number of hydrogen-bond acceptors (Lipinski definition) is 7. The van der Waals surface area contributed by atoms with Crippen LogP contribution in [0.2, 0.25) is 0 Å². The first-order valence-electron chi connectivity index (χ1n) is 9.51. The molecule has 0 spiro atoms. The standard InChI is InChI=1S/C22H19N7O2/c1-15-11-16(2)28(27-15)21-13-20(24-22(25-21)18-8-4-3-5-9-18)26-23-14-17-7-6-10-19(12-17)29(30)31/h3-14H,1-2H3,(H,24,25,26)/b23-14+. The summed E-state index contributed by atoms with van der Waals surface area (Å²) in [5.74, 6) is 1.60. The van der Waals surface area contributed by atoms with E-state index in [0.717, 1.165) is 17.0 Å². The van der Waals surface area contributed by atoms with E-state index in [-0.39, 0.29) is 5.69 Å². The second-order valence-corrected chi connectivity index (χ2v) is 6.86. The van der Waals surface area contributed by atoms with E-state index in [9.17, 15) is 10.1 Å². The van der Waals surface area contributed by atoms with Crippen LogP contribution in [0, 0.1) is 24.0 Å². The molecule has 1 N–H and O–H groups in total. The van der Waals surface area contributed by atoms with Gasteiger partial charge in [0.2, 0.25) is 0 Å². The molecule has 0 bridgehead atoms. The first kappa shape index (κ1) is 19.9. The number of aryl methyl sites for hydroxylation is 2. The van der Waals surface area contributed by atoms with Crippen molar-refractivity contribution in [2.24, 2.45) is 5.10 Å². The average molecular weight is 413 g/mol. The number of hydrogen-bond donors (Lipinski definition) is 1. The van der Waals surface area contributed by atoms with Crippen LogP contribution in [-0.4, -0.2) is 30.9 Å². The summed E-state index contributed by atoms with van der Waals surface area (Å²) in [5, 5.41) is 19.6. The number of aromatic nitrogens is 4. The molecule has 2 aromatic heterocycles. The van der Waals surface area contributed by atoms with Gasteiger partial charge in [-0.2, -0.15) is 10.2 Å². The number of nitrogens with zero attached hydrogens (tertiary/aromatic N) is 6. The van der Waals surface area contributed by atoms with Crippen molar-refractivity contribution in [1.82, 2.24) is 19.7 Å². The second kappa shape index (κ2) is 8.54. The highest BCUT2D eigenvalue weighted by molar-refractivity contribution is 5.81. The van der Waals surface area contributed by atoms with Gasteiger partial charge < -0.3 is 0 Å². The molecule has 4 aromatic rings. The topological polar surface area (TPSA) is 111 Å². The van der Waals surface area contributed by atoms with Crippen molar-refractivity contribution in [2.45, 2.75) is 13.8 Å². The van der Waals surface area contributed by atoms with Crippen molar-refractivity contribution in [3.05, 3.63) is 93.8 Å². The molecule has 2 heterocycles. The first-order chi connectivity index (χ1) is 15.0. The molecular formula is C22H19N7O2. The van der Waals surface area contributed by atoms with Crippen LogP contribution in [-0.2, 0) is 0 Å². The third-order valence-electron chi connectivity index (χ3n) is 4.44. The summed E-state index contributed by atoms with van der Waals surface area (Å²) < 4.78 is 1.75. The predicted molar refractivity (Wildman–Crippen MR) is 118 cm³/mol. The Morgan fingerprint density at radius 1 is 1.03 bits per heavy atom. The maximum Gasteiger partial charge on any atom is 0.270 e. The van der Waals surface area contributed by atoms with Crippen molar-refractivity contribution >= 4 is 17.7 Å². The van der Waals surface area contributed by atoms with E-state index < -0.39 is 4.92 Å². The molecule has 9 heteroatoms. The van der Waals surface area contributed by atoms with E-state index in [1.807, 2.05) is 50.2 Å².